The van der Waals surface area contributed by atoms with Gasteiger partial charge in [-0.25, -0.2) is 14.4 Å². The molecule has 1 aromatic heterocycles. The third-order valence-corrected chi connectivity index (χ3v) is 7.58. The number of piperidine rings is 1. The van der Waals surface area contributed by atoms with Gasteiger partial charge in [0.05, 0.1) is 19.7 Å². The minimum Gasteiger partial charge on any atom is -0.490 e. The maximum Gasteiger partial charge on any atom is 0.226 e. The zero-order chi connectivity index (χ0) is 25.1. The van der Waals surface area contributed by atoms with Crippen LogP contribution in [-0.2, 0) is 16.0 Å². The fourth-order valence-corrected chi connectivity index (χ4v) is 5.13. The highest BCUT2D eigenvalue weighted by atomic mass is 19.1. The lowest BCUT2D eigenvalue weighted by molar-refractivity contribution is -0.148. The molecule has 8 heteroatoms. The number of anilines is 1. The number of rotatable bonds is 7. The van der Waals surface area contributed by atoms with Gasteiger partial charge in [-0.2, -0.15) is 0 Å². The number of likely N-dealkylation sites (tertiary alicyclic amines) is 1. The van der Waals surface area contributed by atoms with Crippen molar-refractivity contribution in [1.82, 2.24) is 14.9 Å². The summed E-state index contributed by atoms with van der Waals surface area (Å²) in [5.41, 5.74) is 3.04. The average molecular weight is 493 g/mol. The number of hydrogen-bond acceptors (Lipinski definition) is 6. The summed E-state index contributed by atoms with van der Waals surface area (Å²) in [6.45, 7) is 4.81. The van der Waals surface area contributed by atoms with Crippen LogP contribution < -0.4 is 9.64 Å². The van der Waals surface area contributed by atoms with Gasteiger partial charge in [0.25, 0.3) is 0 Å². The van der Waals surface area contributed by atoms with Gasteiger partial charge in [0, 0.05) is 31.4 Å². The fourth-order valence-electron chi connectivity index (χ4n) is 5.13. The van der Waals surface area contributed by atoms with E-state index in [2.05, 4.69) is 21.8 Å². The molecule has 1 amide bonds. The van der Waals surface area contributed by atoms with Gasteiger partial charge >= 0.3 is 0 Å². The van der Waals surface area contributed by atoms with Crippen LogP contribution in [0.5, 0.6) is 5.75 Å². The molecule has 3 aliphatic rings. The summed E-state index contributed by atoms with van der Waals surface area (Å²) < 4.78 is 20.7. The van der Waals surface area contributed by atoms with Crippen LogP contribution >= 0.6 is 0 Å². The Hall–Kier alpha value is -3.29. The van der Waals surface area contributed by atoms with Crippen LogP contribution in [0.3, 0.4) is 0 Å². The number of nitrogens with zero attached hydrogens (tertiary/aromatic N) is 4. The van der Waals surface area contributed by atoms with Gasteiger partial charge in [-0.1, -0.05) is 19.1 Å². The molecule has 3 heterocycles. The Morgan fingerprint density at radius 3 is 2.50 bits per heavy atom. The standard InChI is InChI=1S/C28H33FN4O3/c1-2-19-14-30-28(31-15-19)32-11-9-20(10-12-32)18-36-26-8-7-23(13-25(26)29)21-3-5-22(6-4-21)27(35)33-16-24(34)17-33/h3,7-8,13-15,20,22H,2,4-6,9-12,16-18H2,1H3. The van der Waals surface area contributed by atoms with Gasteiger partial charge < -0.3 is 14.5 Å². The van der Waals surface area contributed by atoms with Crippen molar-refractivity contribution in [2.24, 2.45) is 11.8 Å². The maximum atomic E-state index is 14.8. The van der Waals surface area contributed by atoms with Crippen molar-refractivity contribution in [3.63, 3.8) is 0 Å². The Bertz CT molecular complexity index is 1130. The molecule has 2 saturated heterocycles. The van der Waals surface area contributed by atoms with Crippen LogP contribution in [0, 0.1) is 17.7 Å². The first kappa shape index (κ1) is 24.4. The van der Waals surface area contributed by atoms with Crippen LogP contribution in [0.15, 0.2) is 36.7 Å². The average Bonchev–Trinajstić information content (AvgIpc) is 2.91. The molecule has 1 aromatic carbocycles. The molecule has 2 fully saturated rings. The molecular formula is C28H33FN4O3. The van der Waals surface area contributed by atoms with Crippen molar-refractivity contribution in [2.75, 3.05) is 37.7 Å². The number of Topliss-reactive ketones (excluding diaryl/α,β-unsaturated/α-hetero) is 1. The maximum absolute atomic E-state index is 14.8. The number of amides is 1. The second-order valence-electron chi connectivity index (χ2n) is 10.1. The molecule has 1 atom stereocenters. The van der Waals surface area contributed by atoms with E-state index in [0.717, 1.165) is 67.8 Å². The number of carbonyl (C=O) groups excluding carboxylic acids is 2. The third-order valence-electron chi connectivity index (χ3n) is 7.58. The Morgan fingerprint density at radius 2 is 1.89 bits per heavy atom. The van der Waals surface area contributed by atoms with Crippen LogP contribution in [0.2, 0.25) is 0 Å². The molecule has 7 nitrogen and oxygen atoms in total. The van der Waals surface area contributed by atoms with E-state index in [1.54, 1.807) is 11.0 Å². The molecule has 36 heavy (non-hydrogen) atoms. The summed E-state index contributed by atoms with van der Waals surface area (Å²) in [4.78, 5) is 36.4. The van der Waals surface area contributed by atoms with Crippen LogP contribution in [0.1, 0.15) is 50.2 Å². The second-order valence-corrected chi connectivity index (χ2v) is 10.1. The highest BCUT2D eigenvalue weighted by Crippen LogP contribution is 2.33. The van der Waals surface area contributed by atoms with E-state index in [4.69, 9.17) is 4.74 Å². The monoisotopic (exact) mass is 492 g/mol. The van der Waals surface area contributed by atoms with Gasteiger partial charge in [0.2, 0.25) is 11.9 Å². The lowest BCUT2D eigenvalue weighted by Crippen LogP contribution is -2.52. The quantitative estimate of drug-likeness (QED) is 0.580. The first-order valence-electron chi connectivity index (χ1n) is 13.0. The zero-order valence-corrected chi connectivity index (χ0v) is 20.8. The summed E-state index contributed by atoms with van der Waals surface area (Å²) in [7, 11) is 0. The number of halogens is 1. The second kappa shape index (κ2) is 10.8. The predicted octanol–water partition coefficient (Wildman–Crippen LogP) is 4.07. The first-order valence-corrected chi connectivity index (χ1v) is 13.0. The Labute approximate surface area is 211 Å². The Morgan fingerprint density at radius 1 is 1.14 bits per heavy atom. The van der Waals surface area contributed by atoms with Gasteiger partial charge in [-0.15, -0.1) is 0 Å². The van der Waals surface area contributed by atoms with Crippen molar-refractivity contribution in [2.45, 2.75) is 45.4 Å². The Balaban J connectivity index is 1.10. The molecule has 2 aliphatic heterocycles. The fraction of sp³-hybridized carbons (Fsp3) is 0.500. The number of hydrogen-bond donors (Lipinski definition) is 0. The summed E-state index contributed by atoms with van der Waals surface area (Å²) in [6, 6.07) is 5.16. The van der Waals surface area contributed by atoms with Gasteiger partial charge in [0.15, 0.2) is 17.3 Å². The molecular weight excluding hydrogens is 459 g/mol. The number of allylic oxidation sites excluding steroid dienone is 2. The number of ketones is 1. The largest absolute Gasteiger partial charge is 0.490 e. The normalized spacial score (nSPS) is 20.7. The van der Waals surface area contributed by atoms with E-state index >= 15 is 0 Å². The molecule has 2 aromatic rings. The first-order chi connectivity index (χ1) is 17.5. The van der Waals surface area contributed by atoms with Gasteiger partial charge in [-0.05, 0) is 73.3 Å². The third kappa shape index (κ3) is 5.42. The summed E-state index contributed by atoms with van der Waals surface area (Å²) in [5, 5.41) is 0. The van der Waals surface area contributed by atoms with E-state index in [1.807, 2.05) is 24.5 Å². The molecule has 1 aliphatic carbocycles. The van der Waals surface area contributed by atoms with Crippen molar-refractivity contribution >= 4 is 23.2 Å². The van der Waals surface area contributed by atoms with E-state index in [0.29, 0.717) is 18.9 Å². The van der Waals surface area contributed by atoms with Crippen LogP contribution in [-0.4, -0.2) is 59.3 Å². The molecule has 0 saturated carbocycles. The van der Waals surface area contributed by atoms with Crippen molar-refractivity contribution in [3.8, 4) is 5.75 Å². The number of benzene rings is 1. The molecule has 0 N–H and O–H groups in total. The molecule has 0 spiro atoms. The highest BCUT2D eigenvalue weighted by molar-refractivity contribution is 5.97. The summed E-state index contributed by atoms with van der Waals surface area (Å²) in [6.07, 6.45) is 10.7. The molecule has 0 radical (unpaired) electrons. The molecule has 0 bridgehead atoms. The van der Waals surface area contributed by atoms with E-state index < -0.39 is 0 Å². The Kier molecular flexibility index (Phi) is 7.30. The van der Waals surface area contributed by atoms with Crippen LogP contribution in [0.4, 0.5) is 10.3 Å². The summed E-state index contributed by atoms with van der Waals surface area (Å²) >= 11 is 0. The highest BCUT2D eigenvalue weighted by Gasteiger charge is 2.33. The minimum atomic E-state index is -0.354. The zero-order valence-electron chi connectivity index (χ0n) is 20.8. The summed E-state index contributed by atoms with van der Waals surface area (Å²) in [5.74, 6) is 1.17. The van der Waals surface area contributed by atoms with Crippen molar-refractivity contribution in [3.05, 3.63) is 53.6 Å². The number of aryl methyl sites for hydroxylation is 1. The lowest BCUT2D eigenvalue weighted by Gasteiger charge is -2.33. The number of ether oxygens (including phenoxy) is 1. The van der Waals surface area contributed by atoms with Crippen molar-refractivity contribution in [1.29, 1.82) is 0 Å². The van der Waals surface area contributed by atoms with Crippen LogP contribution in [0.25, 0.3) is 5.57 Å². The molecule has 5 rings (SSSR count). The van der Waals surface area contributed by atoms with E-state index in [1.165, 1.54) is 6.07 Å². The minimum absolute atomic E-state index is 0.0626. The van der Waals surface area contributed by atoms with Crippen molar-refractivity contribution < 1.29 is 18.7 Å². The van der Waals surface area contributed by atoms with Gasteiger partial charge in [0.1, 0.15) is 0 Å². The number of carbonyl (C=O) groups is 2. The van der Waals surface area contributed by atoms with Gasteiger partial charge in [-0.3, -0.25) is 9.59 Å². The van der Waals surface area contributed by atoms with E-state index in [9.17, 15) is 14.0 Å². The molecule has 1 unspecified atom stereocenters. The predicted molar refractivity (Wildman–Crippen MR) is 135 cm³/mol. The lowest BCUT2D eigenvalue weighted by atomic mass is 9.85. The number of aromatic nitrogens is 2. The SMILES string of the molecule is CCc1cnc(N2CCC(COc3ccc(C4=CCC(C(=O)N5CC(=O)C5)CC4)cc3F)CC2)nc1. The smallest absolute Gasteiger partial charge is 0.226 e. The topological polar surface area (TPSA) is 75.6 Å². The molecule has 190 valence electrons. The van der Waals surface area contributed by atoms with E-state index in [-0.39, 0.29) is 42.3 Å².